The van der Waals surface area contributed by atoms with Gasteiger partial charge in [-0.15, -0.1) is 0 Å². The predicted molar refractivity (Wildman–Crippen MR) is 114 cm³/mol. The van der Waals surface area contributed by atoms with Crippen molar-refractivity contribution in [3.63, 3.8) is 0 Å². The van der Waals surface area contributed by atoms with Crippen LogP contribution in [0.3, 0.4) is 0 Å². The molecule has 2 aromatic carbocycles. The van der Waals surface area contributed by atoms with Gasteiger partial charge in [0.25, 0.3) is 0 Å². The van der Waals surface area contributed by atoms with E-state index in [1.165, 1.54) is 30.0 Å². The number of benzene rings is 2. The molecule has 2 amide bonds. The van der Waals surface area contributed by atoms with Crippen molar-refractivity contribution in [2.45, 2.75) is 43.4 Å². The van der Waals surface area contributed by atoms with Crippen molar-refractivity contribution in [3.8, 4) is 0 Å². The van der Waals surface area contributed by atoms with Gasteiger partial charge in [-0.25, -0.2) is 4.98 Å². The Labute approximate surface area is 181 Å². The van der Waals surface area contributed by atoms with Crippen molar-refractivity contribution in [3.05, 3.63) is 53.6 Å². The second-order valence-electron chi connectivity index (χ2n) is 6.94. The van der Waals surface area contributed by atoms with Crippen molar-refractivity contribution in [1.29, 1.82) is 0 Å². The van der Waals surface area contributed by atoms with Crippen LogP contribution >= 0.6 is 11.8 Å². The van der Waals surface area contributed by atoms with Crippen LogP contribution in [0.15, 0.2) is 47.6 Å². The average molecular weight is 450 g/mol. The normalized spacial score (nSPS) is 12.7. The van der Waals surface area contributed by atoms with Crippen LogP contribution < -0.4 is 11.1 Å². The van der Waals surface area contributed by atoms with E-state index in [1.807, 2.05) is 6.92 Å². The molecule has 1 atom stereocenters. The Morgan fingerprint density at radius 1 is 1.19 bits per heavy atom. The third-order valence-electron chi connectivity index (χ3n) is 4.58. The minimum Gasteiger partial charge on any atom is -0.366 e. The van der Waals surface area contributed by atoms with Gasteiger partial charge in [-0.2, -0.15) is 13.2 Å². The van der Waals surface area contributed by atoms with E-state index in [0.717, 1.165) is 12.1 Å². The molecule has 0 radical (unpaired) electrons. The number of rotatable bonds is 7. The lowest BCUT2D eigenvalue weighted by molar-refractivity contribution is -0.137. The number of hydrogen-bond acceptors (Lipinski definition) is 4. The Morgan fingerprint density at radius 3 is 2.45 bits per heavy atom. The Hall–Kier alpha value is -3.01. The predicted octanol–water partition coefficient (Wildman–Crippen LogP) is 4.68. The van der Waals surface area contributed by atoms with Gasteiger partial charge in [0.05, 0.1) is 21.8 Å². The lowest BCUT2D eigenvalue weighted by Crippen LogP contribution is -2.23. The van der Waals surface area contributed by atoms with Crippen LogP contribution in [-0.4, -0.2) is 26.6 Å². The Kier molecular flexibility index (Phi) is 6.59. The molecule has 3 rings (SSSR count). The van der Waals surface area contributed by atoms with E-state index < -0.39 is 22.9 Å². The van der Waals surface area contributed by atoms with Crippen molar-refractivity contribution < 1.29 is 22.8 Å². The third-order valence-corrected chi connectivity index (χ3v) is 5.67. The second kappa shape index (κ2) is 9.01. The number of fused-ring (bicyclic) bond motifs is 1. The van der Waals surface area contributed by atoms with E-state index in [2.05, 4.69) is 10.3 Å². The highest BCUT2D eigenvalue weighted by Gasteiger charge is 2.31. The number of carbonyl (C=O) groups is 2. The number of thioether (sulfide) groups is 1. The van der Waals surface area contributed by atoms with Gasteiger partial charge in [0.15, 0.2) is 5.16 Å². The number of anilines is 1. The number of amides is 2. The number of halogens is 3. The first-order chi connectivity index (χ1) is 14.6. The van der Waals surface area contributed by atoms with Crippen LogP contribution in [-0.2, 0) is 17.5 Å². The van der Waals surface area contributed by atoms with Gasteiger partial charge in [0.2, 0.25) is 11.8 Å². The van der Waals surface area contributed by atoms with Crippen molar-refractivity contribution in [2.24, 2.45) is 5.73 Å². The van der Waals surface area contributed by atoms with Crippen molar-refractivity contribution >= 4 is 40.3 Å². The van der Waals surface area contributed by atoms with E-state index in [-0.39, 0.29) is 5.91 Å². The van der Waals surface area contributed by atoms with Crippen LogP contribution in [0.1, 0.15) is 36.2 Å². The molecule has 0 unspecified atom stereocenters. The zero-order valence-electron chi connectivity index (χ0n) is 16.9. The number of nitrogens with zero attached hydrogens (tertiary/aromatic N) is 2. The second-order valence-corrected chi connectivity index (χ2v) is 8.25. The fraction of sp³-hybridized carbons (Fsp3) is 0.286. The first kappa shape index (κ1) is 22.7. The van der Waals surface area contributed by atoms with Gasteiger partial charge >= 0.3 is 6.18 Å². The molecule has 0 bridgehead atoms. The van der Waals surface area contributed by atoms with E-state index in [9.17, 15) is 22.8 Å². The van der Waals surface area contributed by atoms with Crippen LogP contribution in [0.5, 0.6) is 0 Å². The first-order valence-corrected chi connectivity index (χ1v) is 10.4. The quantitative estimate of drug-likeness (QED) is 0.512. The summed E-state index contributed by atoms with van der Waals surface area (Å²) in [5.74, 6) is -0.867. The molecule has 0 aliphatic heterocycles. The number of aryl methyl sites for hydroxylation is 1. The lowest BCUT2D eigenvalue weighted by atomic mass is 10.2. The van der Waals surface area contributed by atoms with Gasteiger partial charge in [0.1, 0.15) is 0 Å². The summed E-state index contributed by atoms with van der Waals surface area (Å²) in [5, 5.41) is 2.66. The van der Waals surface area contributed by atoms with Gasteiger partial charge in [-0.3, -0.25) is 9.59 Å². The molecule has 31 heavy (non-hydrogen) atoms. The Morgan fingerprint density at radius 2 is 1.87 bits per heavy atom. The molecule has 164 valence electrons. The summed E-state index contributed by atoms with van der Waals surface area (Å²) in [7, 11) is 0. The number of hydrogen-bond donors (Lipinski definition) is 2. The first-order valence-electron chi connectivity index (χ1n) is 9.55. The van der Waals surface area contributed by atoms with Crippen LogP contribution in [0.25, 0.3) is 11.0 Å². The average Bonchev–Trinajstić information content (AvgIpc) is 3.04. The zero-order valence-corrected chi connectivity index (χ0v) is 17.7. The summed E-state index contributed by atoms with van der Waals surface area (Å²) in [5.41, 5.74) is 6.12. The highest BCUT2D eigenvalue weighted by molar-refractivity contribution is 8.00. The van der Waals surface area contributed by atoms with Gasteiger partial charge < -0.3 is 15.6 Å². The molecule has 1 aromatic heterocycles. The molecular weight excluding hydrogens is 429 g/mol. The number of nitrogens with one attached hydrogen (secondary N) is 1. The molecule has 0 saturated heterocycles. The molecule has 3 N–H and O–H groups in total. The molecule has 3 aromatic rings. The van der Waals surface area contributed by atoms with E-state index in [0.29, 0.717) is 40.4 Å². The Balaban J connectivity index is 1.81. The van der Waals surface area contributed by atoms with E-state index in [1.54, 1.807) is 23.6 Å². The maximum atomic E-state index is 13.1. The number of alkyl halides is 3. The highest BCUT2D eigenvalue weighted by Crippen LogP contribution is 2.34. The molecule has 0 aliphatic rings. The number of imidazole rings is 1. The minimum absolute atomic E-state index is 0.303. The smallest absolute Gasteiger partial charge is 0.366 e. The van der Waals surface area contributed by atoms with Gasteiger partial charge in [-0.1, -0.05) is 18.7 Å². The molecular formula is C21H21F3N4O2S. The summed E-state index contributed by atoms with van der Waals surface area (Å²) < 4.78 is 41.1. The summed E-state index contributed by atoms with van der Waals surface area (Å²) >= 11 is 1.17. The zero-order chi connectivity index (χ0) is 22.8. The summed E-state index contributed by atoms with van der Waals surface area (Å²) in [6.45, 7) is 4.08. The summed E-state index contributed by atoms with van der Waals surface area (Å²) in [6.07, 6.45) is -3.75. The molecule has 0 aliphatic carbocycles. The molecule has 6 nitrogen and oxygen atoms in total. The van der Waals surface area contributed by atoms with Crippen LogP contribution in [0.2, 0.25) is 0 Å². The largest absolute Gasteiger partial charge is 0.416 e. The maximum Gasteiger partial charge on any atom is 0.416 e. The number of primary amides is 1. The van der Waals surface area contributed by atoms with Gasteiger partial charge in [-0.05, 0) is 55.8 Å². The van der Waals surface area contributed by atoms with Crippen molar-refractivity contribution in [2.75, 3.05) is 5.32 Å². The fourth-order valence-electron chi connectivity index (χ4n) is 2.98. The number of carbonyl (C=O) groups excluding carboxylic acids is 2. The van der Waals surface area contributed by atoms with Gasteiger partial charge in [0, 0.05) is 17.8 Å². The van der Waals surface area contributed by atoms with Crippen LogP contribution in [0.4, 0.5) is 18.9 Å². The molecule has 0 saturated carbocycles. The molecule has 0 fully saturated rings. The van der Waals surface area contributed by atoms with Crippen LogP contribution in [0, 0.1) is 0 Å². The monoisotopic (exact) mass is 450 g/mol. The SMILES string of the molecule is CCCn1c(S[C@@H](C)C(=O)Nc2ccc(C(N)=O)cc2)nc2ccc(C(F)(F)F)cc21. The minimum atomic E-state index is -4.44. The molecule has 1 heterocycles. The highest BCUT2D eigenvalue weighted by atomic mass is 32.2. The number of aromatic nitrogens is 2. The van der Waals surface area contributed by atoms with E-state index >= 15 is 0 Å². The Bertz CT molecular complexity index is 1110. The molecule has 10 heteroatoms. The van der Waals surface area contributed by atoms with Crippen molar-refractivity contribution in [1.82, 2.24) is 9.55 Å². The molecule has 0 spiro atoms. The topological polar surface area (TPSA) is 90.0 Å². The number of nitrogens with two attached hydrogens (primary N) is 1. The fourth-order valence-corrected chi connectivity index (χ4v) is 3.93. The summed E-state index contributed by atoms with van der Waals surface area (Å²) in [6, 6.07) is 9.60. The lowest BCUT2D eigenvalue weighted by Gasteiger charge is -2.13. The third kappa shape index (κ3) is 5.19. The summed E-state index contributed by atoms with van der Waals surface area (Å²) in [4.78, 5) is 28.2. The van der Waals surface area contributed by atoms with E-state index in [4.69, 9.17) is 5.73 Å². The maximum absolute atomic E-state index is 13.1. The standard InChI is InChI=1S/C21H21F3N4O2S/c1-3-10-28-17-11-14(21(22,23)24)6-9-16(17)27-20(28)31-12(2)19(30)26-15-7-4-13(5-8-15)18(25)29/h4-9,11-12H,3,10H2,1-2H3,(H2,25,29)(H,26,30)/t12-/m0/s1.